The van der Waals surface area contributed by atoms with Crippen molar-refractivity contribution in [3.8, 4) is 11.1 Å². The number of carbonyl (C=O) groups is 1. The van der Waals surface area contributed by atoms with Crippen LogP contribution in [0.1, 0.15) is 25.5 Å². The quantitative estimate of drug-likeness (QED) is 0.403. The zero-order valence-corrected chi connectivity index (χ0v) is 13.2. The van der Waals surface area contributed by atoms with E-state index in [9.17, 15) is 4.79 Å². The smallest absolute Gasteiger partial charge is 0.261 e. The molecule has 0 saturated heterocycles. The fraction of sp³-hybridized carbons (Fsp3) is 0.176. The molecule has 0 radical (unpaired) electrons. The fourth-order valence-electron chi connectivity index (χ4n) is 3.03. The minimum atomic E-state index is -0.254. The number of rotatable bonds is 0. The summed E-state index contributed by atoms with van der Waals surface area (Å²) < 4.78 is 0. The Morgan fingerprint density at radius 2 is 1.71 bits per heavy atom. The van der Waals surface area contributed by atoms with E-state index in [2.05, 4.69) is 62.5 Å². The second-order valence-corrected chi connectivity index (χ2v) is 5.64. The number of amides is 1. The highest BCUT2D eigenvalue weighted by atomic mass is 31.0. The Kier molecular flexibility index (Phi) is 3.60. The summed E-state index contributed by atoms with van der Waals surface area (Å²) >= 11 is 0. The molecule has 3 nitrogen and oxygen atoms in total. The molecule has 0 fully saturated rings. The van der Waals surface area contributed by atoms with Crippen molar-refractivity contribution < 1.29 is 4.79 Å². The molecule has 0 bridgehead atoms. The van der Waals surface area contributed by atoms with E-state index in [4.69, 9.17) is 0 Å². The van der Waals surface area contributed by atoms with Crippen LogP contribution >= 0.6 is 9.24 Å². The maximum atomic E-state index is 11.3. The van der Waals surface area contributed by atoms with Crippen LogP contribution in [0.2, 0.25) is 0 Å². The Balaban J connectivity index is 2.23. The van der Waals surface area contributed by atoms with E-state index >= 15 is 0 Å². The summed E-state index contributed by atoms with van der Waals surface area (Å²) in [5.41, 5.74) is 4.52. The van der Waals surface area contributed by atoms with Gasteiger partial charge in [0.2, 0.25) is 0 Å². The van der Waals surface area contributed by atoms with Crippen molar-refractivity contribution in [3.63, 3.8) is 0 Å². The molecule has 2 aromatic rings. The zero-order chi connectivity index (χ0) is 15.0. The largest absolute Gasteiger partial charge is 0.322 e. The van der Waals surface area contributed by atoms with E-state index in [0.29, 0.717) is 5.84 Å². The van der Waals surface area contributed by atoms with E-state index in [0.717, 1.165) is 5.69 Å². The molecule has 106 valence electrons. The lowest BCUT2D eigenvalue weighted by molar-refractivity contribution is 0.267. The molecule has 1 aliphatic rings. The molecule has 2 aromatic carbocycles. The summed E-state index contributed by atoms with van der Waals surface area (Å²) in [6.07, 6.45) is 0. The highest BCUT2D eigenvalue weighted by molar-refractivity contribution is 7.40. The van der Waals surface area contributed by atoms with Crippen LogP contribution < -0.4 is 4.90 Å². The predicted octanol–water partition coefficient (Wildman–Crippen LogP) is 4.65. The Morgan fingerprint density at radius 3 is 2.43 bits per heavy atom. The van der Waals surface area contributed by atoms with Crippen molar-refractivity contribution >= 4 is 26.4 Å². The first-order valence-electron chi connectivity index (χ1n) is 6.92. The Hall–Kier alpha value is -1.99. The topological polar surface area (TPSA) is 32.7 Å². The van der Waals surface area contributed by atoms with Gasteiger partial charge in [0.1, 0.15) is 5.84 Å². The van der Waals surface area contributed by atoms with Gasteiger partial charge >= 0.3 is 0 Å². The molecule has 0 aromatic heterocycles. The van der Waals surface area contributed by atoms with E-state index in [-0.39, 0.29) is 11.7 Å². The van der Waals surface area contributed by atoms with Gasteiger partial charge in [-0.05, 0) is 40.3 Å². The molecule has 1 amide bonds. The normalized spacial score (nSPS) is 17.2. The van der Waals surface area contributed by atoms with E-state index in [1.54, 1.807) is 0 Å². The third-order valence-corrected chi connectivity index (χ3v) is 4.00. The maximum Gasteiger partial charge on any atom is 0.261 e. The maximum absolute atomic E-state index is 11.3. The lowest BCUT2D eigenvalue weighted by Crippen LogP contribution is -2.35. The summed E-state index contributed by atoms with van der Waals surface area (Å²) in [5, 5.41) is 0. The fourth-order valence-corrected chi connectivity index (χ4v) is 3.22. The minimum Gasteiger partial charge on any atom is -0.322 e. The number of amidine groups is 1. The first kappa shape index (κ1) is 14.0. The van der Waals surface area contributed by atoms with Gasteiger partial charge in [-0.1, -0.05) is 42.5 Å². The number of anilines is 1. The summed E-state index contributed by atoms with van der Waals surface area (Å²) in [6, 6.07) is 16.8. The van der Waals surface area contributed by atoms with Gasteiger partial charge in [0.05, 0.1) is 11.7 Å². The molecular formula is C17H17N2OP. The van der Waals surface area contributed by atoms with Crippen molar-refractivity contribution in [3.05, 3.63) is 54.1 Å². The molecule has 2 atom stereocenters. The highest BCUT2D eigenvalue weighted by Crippen LogP contribution is 2.44. The van der Waals surface area contributed by atoms with E-state index in [1.807, 2.05) is 19.1 Å². The number of benzene rings is 2. The second-order valence-electron chi connectivity index (χ2n) is 5.15. The van der Waals surface area contributed by atoms with Gasteiger partial charge in [0.25, 0.3) is 5.65 Å². The van der Waals surface area contributed by atoms with Gasteiger partial charge < -0.3 is 4.90 Å². The molecule has 3 rings (SSSR count). The van der Waals surface area contributed by atoms with Crippen LogP contribution in [0.15, 0.2) is 53.5 Å². The van der Waals surface area contributed by atoms with Gasteiger partial charge in [-0.3, -0.25) is 4.79 Å². The first-order chi connectivity index (χ1) is 10.1. The number of carbonyl (C=O) groups excluding carboxylic acids is 1. The van der Waals surface area contributed by atoms with Crippen molar-refractivity contribution in [2.45, 2.75) is 19.9 Å². The summed E-state index contributed by atoms with van der Waals surface area (Å²) in [6.45, 7) is 4.02. The molecule has 4 heteroatoms. The third-order valence-electron chi connectivity index (χ3n) is 3.87. The number of para-hydroxylation sites is 1. The van der Waals surface area contributed by atoms with Crippen LogP contribution in [0.5, 0.6) is 0 Å². The van der Waals surface area contributed by atoms with Crippen molar-refractivity contribution in [2.75, 3.05) is 4.90 Å². The lowest BCUT2D eigenvalue weighted by atomic mass is 9.89. The van der Waals surface area contributed by atoms with Crippen LogP contribution in [0.4, 0.5) is 10.5 Å². The molecule has 1 heterocycles. The summed E-state index contributed by atoms with van der Waals surface area (Å²) in [4.78, 5) is 17.5. The average molecular weight is 296 g/mol. The molecule has 2 unspecified atom stereocenters. The number of hydrogen-bond donors (Lipinski definition) is 0. The minimum absolute atomic E-state index is 0.143. The zero-order valence-electron chi connectivity index (χ0n) is 12.1. The van der Waals surface area contributed by atoms with Crippen LogP contribution in [-0.4, -0.2) is 11.5 Å². The Morgan fingerprint density at radius 1 is 1.10 bits per heavy atom. The van der Waals surface area contributed by atoms with Crippen LogP contribution in [0.3, 0.4) is 0 Å². The second kappa shape index (κ2) is 5.42. The number of aliphatic imine (C=N–C) groups is 1. The molecule has 0 N–H and O–H groups in total. The molecular weight excluding hydrogens is 279 g/mol. The molecule has 0 aliphatic carbocycles. The average Bonchev–Trinajstić information content (AvgIpc) is 2.47. The summed E-state index contributed by atoms with van der Waals surface area (Å²) in [5.74, 6) is 0.712. The van der Waals surface area contributed by atoms with Crippen molar-refractivity contribution in [1.29, 1.82) is 0 Å². The standard InChI is InChI=1S/C17H17N2OP/c1-11-13-7-3-4-8-14(13)15-9-5-6-10-16(15)19(11)12(2)18-17(20)21/h3-11H,21H2,1-2H3/b18-12+. The Labute approximate surface area is 126 Å². The molecule has 21 heavy (non-hydrogen) atoms. The van der Waals surface area contributed by atoms with Crippen LogP contribution in [-0.2, 0) is 0 Å². The predicted molar refractivity (Wildman–Crippen MR) is 91.0 cm³/mol. The summed E-state index contributed by atoms with van der Waals surface area (Å²) in [7, 11) is 2.10. The highest BCUT2D eigenvalue weighted by Gasteiger charge is 2.29. The monoisotopic (exact) mass is 296 g/mol. The number of nitrogens with zero attached hydrogens (tertiary/aromatic N) is 2. The van der Waals surface area contributed by atoms with Crippen molar-refractivity contribution in [2.24, 2.45) is 4.99 Å². The Bertz CT molecular complexity index is 739. The number of fused-ring (bicyclic) bond motifs is 3. The SMILES string of the molecule is C/C(=N\C(=O)P)N1c2ccccc2-c2ccccc2C1C. The van der Waals surface area contributed by atoms with Gasteiger partial charge in [-0.25, -0.2) is 0 Å². The number of hydrogen-bond acceptors (Lipinski definition) is 1. The lowest BCUT2D eigenvalue weighted by Gasteiger charge is -2.38. The van der Waals surface area contributed by atoms with Gasteiger partial charge in [0.15, 0.2) is 0 Å². The molecule has 1 aliphatic heterocycles. The van der Waals surface area contributed by atoms with E-state index < -0.39 is 0 Å². The molecule has 0 spiro atoms. The van der Waals surface area contributed by atoms with Gasteiger partial charge in [0, 0.05) is 5.56 Å². The van der Waals surface area contributed by atoms with Crippen LogP contribution in [0.25, 0.3) is 11.1 Å². The molecule has 0 saturated carbocycles. The third kappa shape index (κ3) is 2.38. The van der Waals surface area contributed by atoms with Gasteiger partial charge in [-0.15, -0.1) is 0 Å². The van der Waals surface area contributed by atoms with Crippen LogP contribution in [0, 0.1) is 0 Å². The van der Waals surface area contributed by atoms with Crippen molar-refractivity contribution in [1.82, 2.24) is 0 Å². The first-order valence-corrected chi connectivity index (χ1v) is 7.49. The van der Waals surface area contributed by atoms with E-state index in [1.165, 1.54) is 16.7 Å². The van der Waals surface area contributed by atoms with Gasteiger partial charge in [-0.2, -0.15) is 4.99 Å².